The first kappa shape index (κ1) is 8.48. The first-order valence-corrected chi connectivity index (χ1v) is 4.35. The fourth-order valence-electron chi connectivity index (χ4n) is 0.939. The molecule has 11 heavy (non-hydrogen) atoms. The van der Waals surface area contributed by atoms with E-state index in [1.165, 1.54) is 12.8 Å². The smallest absolute Gasteiger partial charge is 0.0901 e. The molecule has 1 rings (SSSR count). The van der Waals surface area contributed by atoms with Crippen LogP contribution in [-0.2, 0) is 0 Å². The van der Waals surface area contributed by atoms with Crippen molar-refractivity contribution in [3.8, 4) is 0 Å². The highest BCUT2D eigenvalue weighted by Crippen LogP contribution is 2.42. The van der Waals surface area contributed by atoms with Crippen LogP contribution < -0.4 is 0 Å². The molecule has 0 unspecified atom stereocenters. The molecule has 1 aliphatic carbocycles. The van der Waals surface area contributed by atoms with Crippen molar-refractivity contribution in [2.75, 3.05) is 0 Å². The van der Waals surface area contributed by atoms with Gasteiger partial charge in [0.25, 0.3) is 0 Å². The molecule has 0 aromatic carbocycles. The van der Waals surface area contributed by atoms with Crippen molar-refractivity contribution in [3.05, 3.63) is 0 Å². The SMILES string of the molecule is CCC1(N=C=NC(C)C)CC1. The van der Waals surface area contributed by atoms with E-state index in [-0.39, 0.29) is 5.54 Å². The molecule has 2 heteroatoms. The second kappa shape index (κ2) is 3.19. The number of hydrogen-bond donors (Lipinski definition) is 0. The van der Waals surface area contributed by atoms with Crippen LogP contribution in [0.15, 0.2) is 9.98 Å². The normalized spacial score (nSPS) is 19.3. The summed E-state index contributed by atoms with van der Waals surface area (Å²) in [5.41, 5.74) is 0.248. The van der Waals surface area contributed by atoms with Gasteiger partial charge in [-0.1, -0.05) is 6.92 Å². The van der Waals surface area contributed by atoms with Gasteiger partial charge in [-0.3, -0.25) is 0 Å². The Morgan fingerprint density at radius 3 is 2.45 bits per heavy atom. The van der Waals surface area contributed by atoms with Crippen LogP contribution in [0.2, 0.25) is 0 Å². The minimum Gasteiger partial charge on any atom is -0.223 e. The average Bonchev–Trinajstić information content (AvgIpc) is 2.69. The van der Waals surface area contributed by atoms with E-state index in [1.54, 1.807) is 0 Å². The fourth-order valence-corrected chi connectivity index (χ4v) is 0.939. The molecule has 0 amide bonds. The van der Waals surface area contributed by atoms with Crippen molar-refractivity contribution in [2.24, 2.45) is 9.98 Å². The summed E-state index contributed by atoms with van der Waals surface area (Å²) in [7, 11) is 0. The van der Waals surface area contributed by atoms with Gasteiger partial charge in [0.1, 0.15) is 0 Å². The molecule has 1 aliphatic rings. The molecule has 1 fully saturated rings. The lowest BCUT2D eigenvalue weighted by Gasteiger charge is -1.99. The minimum atomic E-state index is 0.248. The Morgan fingerprint density at radius 1 is 1.45 bits per heavy atom. The van der Waals surface area contributed by atoms with E-state index >= 15 is 0 Å². The second-order valence-electron chi connectivity index (χ2n) is 3.51. The summed E-state index contributed by atoms with van der Waals surface area (Å²) in [6, 6.07) is 3.11. The van der Waals surface area contributed by atoms with Gasteiger partial charge in [-0.15, -0.1) is 0 Å². The first-order chi connectivity index (χ1) is 5.18. The van der Waals surface area contributed by atoms with Crippen molar-refractivity contribution in [3.63, 3.8) is 0 Å². The van der Waals surface area contributed by atoms with E-state index in [0.29, 0.717) is 6.04 Å². The summed E-state index contributed by atoms with van der Waals surface area (Å²) < 4.78 is 0. The molecule has 0 aromatic heterocycles. The van der Waals surface area contributed by atoms with Crippen LogP contribution >= 0.6 is 0 Å². The molecule has 0 bridgehead atoms. The van der Waals surface area contributed by atoms with Gasteiger partial charge in [0.2, 0.25) is 0 Å². The molecule has 0 saturated heterocycles. The Kier molecular flexibility index (Phi) is 2.45. The number of rotatable bonds is 3. The van der Waals surface area contributed by atoms with Crippen LogP contribution in [0.4, 0.5) is 0 Å². The van der Waals surface area contributed by atoms with Gasteiger partial charge in [-0.05, 0) is 33.1 Å². The molecule has 0 atom stereocenters. The van der Waals surface area contributed by atoms with Gasteiger partial charge in [0, 0.05) is 0 Å². The lowest BCUT2D eigenvalue weighted by Crippen LogP contribution is -2.00. The summed E-state index contributed by atoms with van der Waals surface area (Å²) in [6.07, 6.45) is 3.59. The van der Waals surface area contributed by atoms with E-state index < -0.39 is 0 Å². The van der Waals surface area contributed by atoms with E-state index in [9.17, 15) is 0 Å². The molecular formula is C9H16N2. The van der Waals surface area contributed by atoms with Gasteiger partial charge in [-0.25, -0.2) is 9.98 Å². The summed E-state index contributed by atoms with van der Waals surface area (Å²) in [5.74, 6) is 0. The van der Waals surface area contributed by atoms with Crippen LogP contribution in [-0.4, -0.2) is 17.6 Å². The highest BCUT2D eigenvalue weighted by Gasteiger charge is 2.40. The van der Waals surface area contributed by atoms with Crippen molar-refractivity contribution < 1.29 is 0 Å². The third-order valence-electron chi connectivity index (χ3n) is 2.09. The third-order valence-corrected chi connectivity index (χ3v) is 2.09. The van der Waals surface area contributed by atoms with Crippen molar-refractivity contribution in [1.82, 2.24) is 0 Å². The zero-order chi connectivity index (χ0) is 8.32. The molecule has 0 N–H and O–H groups in total. The molecule has 0 aliphatic heterocycles. The second-order valence-corrected chi connectivity index (χ2v) is 3.51. The molecular weight excluding hydrogens is 136 g/mol. The lowest BCUT2D eigenvalue weighted by molar-refractivity contribution is 0.655. The predicted molar refractivity (Wildman–Crippen MR) is 47.3 cm³/mol. The maximum absolute atomic E-state index is 4.31. The Morgan fingerprint density at radius 2 is 2.09 bits per heavy atom. The minimum absolute atomic E-state index is 0.248. The summed E-state index contributed by atoms with van der Waals surface area (Å²) in [4.78, 5) is 8.39. The Hall–Kier alpha value is -0.620. The van der Waals surface area contributed by atoms with Crippen molar-refractivity contribution >= 4 is 6.01 Å². The molecule has 0 aromatic rings. The van der Waals surface area contributed by atoms with Gasteiger partial charge in [0.15, 0.2) is 0 Å². The van der Waals surface area contributed by atoms with Crippen LogP contribution in [0.5, 0.6) is 0 Å². The van der Waals surface area contributed by atoms with Crippen LogP contribution in [0, 0.1) is 0 Å². The average molecular weight is 152 g/mol. The molecule has 62 valence electrons. The molecule has 0 heterocycles. The number of hydrogen-bond acceptors (Lipinski definition) is 2. The maximum Gasteiger partial charge on any atom is 0.0901 e. The first-order valence-electron chi connectivity index (χ1n) is 4.35. The van der Waals surface area contributed by atoms with Gasteiger partial charge in [0.05, 0.1) is 17.6 Å². The topological polar surface area (TPSA) is 24.7 Å². The Bertz CT molecular complexity index is 184. The predicted octanol–water partition coefficient (Wildman–Crippen LogP) is 2.51. The molecule has 0 radical (unpaired) electrons. The third kappa shape index (κ3) is 2.47. The number of aliphatic imine (C=N–C) groups is 2. The van der Waals surface area contributed by atoms with E-state index in [4.69, 9.17) is 0 Å². The summed E-state index contributed by atoms with van der Waals surface area (Å²) >= 11 is 0. The standard InChI is InChI=1S/C9H16N2/c1-4-9(5-6-9)11-7-10-8(2)3/h8H,4-6H2,1-3H3. The summed E-state index contributed by atoms with van der Waals surface area (Å²) in [6.45, 7) is 6.25. The fraction of sp³-hybridized carbons (Fsp3) is 0.889. The van der Waals surface area contributed by atoms with Gasteiger partial charge >= 0.3 is 0 Å². The monoisotopic (exact) mass is 152 g/mol. The lowest BCUT2D eigenvalue weighted by atomic mass is 10.2. The number of nitrogens with zero attached hydrogens (tertiary/aromatic N) is 2. The van der Waals surface area contributed by atoms with E-state index in [0.717, 1.165) is 6.42 Å². The summed E-state index contributed by atoms with van der Waals surface area (Å²) in [5, 5.41) is 0. The molecule has 2 nitrogen and oxygen atoms in total. The van der Waals surface area contributed by atoms with Gasteiger partial charge < -0.3 is 0 Å². The zero-order valence-corrected chi connectivity index (χ0v) is 7.59. The quantitative estimate of drug-likeness (QED) is 0.555. The van der Waals surface area contributed by atoms with E-state index in [1.807, 2.05) is 13.8 Å². The van der Waals surface area contributed by atoms with Crippen molar-refractivity contribution in [1.29, 1.82) is 0 Å². The molecule has 0 spiro atoms. The van der Waals surface area contributed by atoms with Crippen LogP contribution in [0.3, 0.4) is 0 Å². The Balaban J connectivity index is 2.46. The molecule has 1 saturated carbocycles. The largest absolute Gasteiger partial charge is 0.223 e. The highest BCUT2D eigenvalue weighted by atomic mass is 14.9. The van der Waals surface area contributed by atoms with Gasteiger partial charge in [-0.2, -0.15) is 0 Å². The van der Waals surface area contributed by atoms with Crippen LogP contribution in [0.1, 0.15) is 40.0 Å². The van der Waals surface area contributed by atoms with E-state index in [2.05, 4.69) is 22.9 Å². The highest BCUT2D eigenvalue weighted by molar-refractivity contribution is 5.43. The van der Waals surface area contributed by atoms with Crippen LogP contribution in [0.25, 0.3) is 0 Å². The zero-order valence-electron chi connectivity index (χ0n) is 7.59. The van der Waals surface area contributed by atoms with Crippen molar-refractivity contribution in [2.45, 2.75) is 51.6 Å². The maximum atomic E-state index is 4.31. The Labute approximate surface area is 68.4 Å².